The number of nitrogens with zero attached hydrogens (tertiary/aromatic N) is 3. The van der Waals surface area contributed by atoms with E-state index >= 15 is 0 Å². The standard InChI is InChI=1S/C9H10BrClN4O2/c10-5-3-13-9(11)14-8(5)15-1-2-17-4-6(15)7(12)16/h3,6H,1-2,4H2,(H2,12,16). The first-order chi connectivity index (χ1) is 8.09. The van der Waals surface area contributed by atoms with Gasteiger partial charge in [-0.1, -0.05) is 0 Å². The number of rotatable bonds is 2. The Labute approximate surface area is 111 Å². The third-order valence-corrected chi connectivity index (χ3v) is 3.17. The number of hydrogen-bond donors (Lipinski definition) is 1. The molecule has 1 aromatic rings. The van der Waals surface area contributed by atoms with Gasteiger partial charge in [0.05, 0.1) is 17.7 Å². The zero-order chi connectivity index (χ0) is 12.4. The molecule has 92 valence electrons. The molecule has 0 aromatic carbocycles. The number of ether oxygens (including phenoxy) is 1. The lowest BCUT2D eigenvalue weighted by molar-refractivity contribution is -0.121. The van der Waals surface area contributed by atoms with Crippen molar-refractivity contribution in [2.24, 2.45) is 5.73 Å². The quantitative estimate of drug-likeness (QED) is 0.806. The van der Waals surface area contributed by atoms with Gasteiger partial charge in [0.25, 0.3) is 0 Å². The van der Waals surface area contributed by atoms with E-state index in [0.717, 1.165) is 0 Å². The smallest absolute Gasteiger partial charge is 0.242 e. The predicted molar refractivity (Wildman–Crippen MR) is 65.9 cm³/mol. The number of anilines is 1. The van der Waals surface area contributed by atoms with Crippen molar-refractivity contribution in [3.8, 4) is 0 Å². The molecule has 2 heterocycles. The molecule has 1 saturated heterocycles. The topological polar surface area (TPSA) is 81.3 Å². The van der Waals surface area contributed by atoms with Crippen molar-refractivity contribution in [1.29, 1.82) is 0 Å². The van der Waals surface area contributed by atoms with Crippen LogP contribution in [-0.4, -0.2) is 41.7 Å². The Bertz CT molecular complexity index is 445. The Kier molecular flexibility index (Phi) is 3.80. The van der Waals surface area contributed by atoms with Gasteiger partial charge >= 0.3 is 0 Å². The first-order valence-corrected chi connectivity index (χ1v) is 6.08. The molecular weight excluding hydrogens is 311 g/mol. The van der Waals surface area contributed by atoms with Crippen LogP contribution in [-0.2, 0) is 9.53 Å². The summed E-state index contributed by atoms with van der Waals surface area (Å²) in [6.07, 6.45) is 1.54. The van der Waals surface area contributed by atoms with Crippen molar-refractivity contribution in [2.75, 3.05) is 24.7 Å². The molecule has 0 saturated carbocycles. The molecule has 0 bridgehead atoms. The fraction of sp³-hybridized carbons (Fsp3) is 0.444. The van der Waals surface area contributed by atoms with Crippen LogP contribution in [0.25, 0.3) is 0 Å². The third kappa shape index (κ3) is 2.67. The summed E-state index contributed by atoms with van der Waals surface area (Å²) in [6, 6.07) is -0.536. The Hall–Kier alpha value is -0.920. The zero-order valence-corrected chi connectivity index (χ0v) is 11.1. The van der Waals surface area contributed by atoms with Gasteiger partial charge in [-0.3, -0.25) is 4.79 Å². The number of aromatic nitrogens is 2. The molecule has 17 heavy (non-hydrogen) atoms. The molecule has 1 amide bonds. The van der Waals surface area contributed by atoms with Crippen LogP contribution in [0.4, 0.5) is 5.82 Å². The summed E-state index contributed by atoms with van der Waals surface area (Å²) in [4.78, 5) is 21.0. The van der Waals surface area contributed by atoms with Gasteiger partial charge in [0.1, 0.15) is 11.9 Å². The minimum atomic E-state index is -0.536. The van der Waals surface area contributed by atoms with Gasteiger partial charge in [-0.05, 0) is 27.5 Å². The number of hydrogen-bond acceptors (Lipinski definition) is 5. The summed E-state index contributed by atoms with van der Waals surface area (Å²) < 4.78 is 5.89. The number of halogens is 2. The van der Waals surface area contributed by atoms with Crippen molar-refractivity contribution >= 4 is 39.3 Å². The second-order valence-corrected chi connectivity index (χ2v) is 4.69. The second-order valence-electron chi connectivity index (χ2n) is 3.50. The van der Waals surface area contributed by atoms with Crippen LogP contribution in [0, 0.1) is 0 Å². The number of primary amides is 1. The predicted octanol–water partition coefficient (Wildman–Crippen LogP) is 0.583. The Morgan fingerprint density at radius 3 is 3.18 bits per heavy atom. The van der Waals surface area contributed by atoms with Crippen molar-refractivity contribution < 1.29 is 9.53 Å². The summed E-state index contributed by atoms with van der Waals surface area (Å²) >= 11 is 9.07. The summed E-state index contributed by atoms with van der Waals surface area (Å²) in [5.74, 6) is 0.100. The summed E-state index contributed by atoms with van der Waals surface area (Å²) in [6.45, 7) is 1.29. The lowest BCUT2D eigenvalue weighted by Gasteiger charge is -2.34. The highest BCUT2D eigenvalue weighted by Gasteiger charge is 2.30. The summed E-state index contributed by atoms with van der Waals surface area (Å²) in [5.41, 5.74) is 5.33. The van der Waals surface area contributed by atoms with Crippen LogP contribution in [0.2, 0.25) is 5.28 Å². The third-order valence-electron chi connectivity index (χ3n) is 2.43. The zero-order valence-electron chi connectivity index (χ0n) is 8.77. The fourth-order valence-corrected chi connectivity index (χ4v) is 2.18. The molecule has 0 aliphatic carbocycles. The number of carbonyl (C=O) groups excluding carboxylic acids is 1. The summed E-state index contributed by atoms with van der Waals surface area (Å²) in [5, 5.41) is 0.123. The molecule has 1 aliphatic rings. The van der Waals surface area contributed by atoms with E-state index in [1.54, 1.807) is 4.90 Å². The Morgan fingerprint density at radius 1 is 1.71 bits per heavy atom. The van der Waals surface area contributed by atoms with Gasteiger partial charge in [0.2, 0.25) is 11.2 Å². The average Bonchev–Trinajstić information content (AvgIpc) is 2.32. The SMILES string of the molecule is NC(=O)C1COCCN1c1nc(Cl)ncc1Br. The van der Waals surface area contributed by atoms with E-state index in [1.165, 1.54) is 6.20 Å². The first-order valence-electron chi connectivity index (χ1n) is 4.91. The molecule has 0 radical (unpaired) electrons. The largest absolute Gasteiger partial charge is 0.377 e. The minimum absolute atomic E-state index is 0.123. The molecule has 1 atom stereocenters. The molecule has 6 nitrogen and oxygen atoms in total. The summed E-state index contributed by atoms with van der Waals surface area (Å²) in [7, 11) is 0. The van der Waals surface area contributed by atoms with E-state index in [0.29, 0.717) is 23.4 Å². The van der Waals surface area contributed by atoms with Crippen molar-refractivity contribution in [2.45, 2.75) is 6.04 Å². The lowest BCUT2D eigenvalue weighted by Crippen LogP contribution is -2.53. The highest BCUT2D eigenvalue weighted by molar-refractivity contribution is 9.10. The van der Waals surface area contributed by atoms with Gasteiger partial charge in [-0.15, -0.1) is 0 Å². The monoisotopic (exact) mass is 320 g/mol. The van der Waals surface area contributed by atoms with Crippen LogP contribution in [0.1, 0.15) is 0 Å². The maximum Gasteiger partial charge on any atom is 0.242 e. The van der Waals surface area contributed by atoms with Gasteiger partial charge in [-0.2, -0.15) is 4.98 Å². The van der Waals surface area contributed by atoms with Gasteiger partial charge in [0, 0.05) is 12.7 Å². The maximum absolute atomic E-state index is 11.3. The highest BCUT2D eigenvalue weighted by Crippen LogP contribution is 2.27. The van der Waals surface area contributed by atoms with E-state index in [9.17, 15) is 4.79 Å². The molecule has 2 rings (SSSR count). The molecular formula is C9H10BrClN4O2. The van der Waals surface area contributed by atoms with E-state index in [4.69, 9.17) is 22.1 Å². The molecule has 1 unspecified atom stereocenters. The van der Waals surface area contributed by atoms with Crippen LogP contribution < -0.4 is 10.6 Å². The van der Waals surface area contributed by atoms with E-state index in [1.807, 2.05) is 0 Å². The molecule has 1 aliphatic heterocycles. The molecule has 8 heteroatoms. The Balaban J connectivity index is 2.35. The van der Waals surface area contributed by atoms with E-state index in [-0.39, 0.29) is 11.9 Å². The molecule has 2 N–H and O–H groups in total. The van der Waals surface area contributed by atoms with Crippen LogP contribution in [0.15, 0.2) is 10.7 Å². The minimum Gasteiger partial charge on any atom is -0.377 e. The van der Waals surface area contributed by atoms with Crippen LogP contribution in [0.3, 0.4) is 0 Å². The van der Waals surface area contributed by atoms with Crippen molar-refractivity contribution in [3.05, 3.63) is 16.0 Å². The second kappa shape index (κ2) is 5.16. The molecule has 1 aromatic heterocycles. The average molecular weight is 322 g/mol. The number of carbonyl (C=O) groups is 1. The number of morpholine rings is 1. The fourth-order valence-electron chi connectivity index (χ4n) is 1.63. The van der Waals surface area contributed by atoms with E-state index in [2.05, 4.69) is 25.9 Å². The molecule has 1 fully saturated rings. The van der Waals surface area contributed by atoms with Crippen LogP contribution in [0.5, 0.6) is 0 Å². The number of amides is 1. The molecule has 0 spiro atoms. The van der Waals surface area contributed by atoms with E-state index < -0.39 is 11.9 Å². The normalized spacial score (nSPS) is 20.4. The number of nitrogens with two attached hydrogens (primary N) is 1. The van der Waals surface area contributed by atoms with Crippen molar-refractivity contribution in [1.82, 2.24) is 9.97 Å². The lowest BCUT2D eigenvalue weighted by atomic mass is 10.2. The van der Waals surface area contributed by atoms with Gasteiger partial charge in [0.15, 0.2) is 0 Å². The first kappa shape index (κ1) is 12.5. The van der Waals surface area contributed by atoms with Crippen molar-refractivity contribution in [3.63, 3.8) is 0 Å². The van der Waals surface area contributed by atoms with Crippen LogP contribution >= 0.6 is 27.5 Å². The van der Waals surface area contributed by atoms with Gasteiger partial charge < -0.3 is 15.4 Å². The Morgan fingerprint density at radius 2 is 2.47 bits per heavy atom. The van der Waals surface area contributed by atoms with Gasteiger partial charge in [-0.25, -0.2) is 4.98 Å². The highest BCUT2D eigenvalue weighted by atomic mass is 79.9. The maximum atomic E-state index is 11.3.